The molecule has 5 rings (SSSR count). The molecule has 27 heavy (non-hydrogen) atoms. The lowest BCUT2D eigenvalue weighted by Gasteiger charge is -2.39. The van der Waals surface area contributed by atoms with E-state index in [0.717, 1.165) is 46.0 Å². The minimum absolute atomic E-state index is 0.0543. The number of benzene rings is 2. The van der Waals surface area contributed by atoms with E-state index in [4.69, 9.17) is 21.1 Å². The molecule has 0 amide bonds. The van der Waals surface area contributed by atoms with Crippen molar-refractivity contribution in [3.05, 3.63) is 63.8 Å². The molecule has 2 aromatic rings. The molecular weight excluding hydrogens is 362 g/mol. The highest BCUT2D eigenvalue weighted by molar-refractivity contribution is 6.30. The number of Topliss-reactive ketones (excluding diaryl/α,β-unsaturated/α-hetero) is 1. The van der Waals surface area contributed by atoms with Crippen LogP contribution < -0.4 is 14.8 Å². The molecular formula is C22H20ClNO3. The topological polar surface area (TPSA) is 47.6 Å². The van der Waals surface area contributed by atoms with Gasteiger partial charge in [-0.25, -0.2) is 0 Å². The molecule has 3 aliphatic rings. The van der Waals surface area contributed by atoms with Crippen molar-refractivity contribution < 1.29 is 14.3 Å². The van der Waals surface area contributed by atoms with Gasteiger partial charge in [0.2, 0.25) is 6.79 Å². The second kappa shape index (κ2) is 5.77. The van der Waals surface area contributed by atoms with E-state index in [1.54, 1.807) is 0 Å². The van der Waals surface area contributed by atoms with Gasteiger partial charge in [-0.05, 0) is 41.2 Å². The molecule has 138 valence electrons. The number of nitrogens with one attached hydrogen (secondary N) is 1. The van der Waals surface area contributed by atoms with Crippen LogP contribution in [0.25, 0.3) is 0 Å². The fourth-order valence-corrected chi connectivity index (χ4v) is 4.53. The number of fused-ring (bicyclic) bond motifs is 2. The Hall–Kier alpha value is -2.46. The summed E-state index contributed by atoms with van der Waals surface area (Å²) < 4.78 is 11.1. The van der Waals surface area contributed by atoms with Gasteiger partial charge >= 0.3 is 0 Å². The first-order valence-corrected chi connectivity index (χ1v) is 9.51. The summed E-state index contributed by atoms with van der Waals surface area (Å²) in [6, 6.07) is 11.7. The number of anilines is 1. The maximum Gasteiger partial charge on any atom is 0.231 e. The van der Waals surface area contributed by atoms with Gasteiger partial charge in [-0.2, -0.15) is 0 Å². The van der Waals surface area contributed by atoms with Crippen LogP contribution in [0.15, 0.2) is 47.7 Å². The molecule has 1 N–H and O–H groups in total. The van der Waals surface area contributed by atoms with E-state index in [9.17, 15) is 4.79 Å². The van der Waals surface area contributed by atoms with Crippen LogP contribution in [0.4, 0.5) is 5.69 Å². The van der Waals surface area contributed by atoms with Crippen LogP contribution >= 0.6 is 11.6 Å². The summed E-state index contributed by atoms with van der Waals surface area (Å²) in [5, 5.41) is 4.21. The number of hydrogen-bond acceptors (Lipinski definition) is 4. The Kier molecular flexibility index (Phi) is 3.57. The first kappa shape index (κ1) is 16.7. The van der Waals surface area contributed by atoms with E-state index in [2.05, 4.69) is 19.2 Å². The van der Waals surface area contributed by atoms with E-state index >= 15 is 0 Å². The predicted molar refractivity (Wildman–Crippen MR) is 105 cm³/mol. The maximum atomic E-state index is 13.2. The standard InChI is InChI=1S/C22H20ClNO3/c1-22(2)9-16-21(17(25)10-22)20(12-3-5-13(23)6-4-12)14-7-18-19(27-11-26-18)8-15(14)24-16/h3-8,20,24H,9-11H2,1-2H3/t20-/m1/s1. The summed E-state index contributed by atoms with van der Waals surface area (Å²) in [4.78, 5) is 13.2. The highest BCUT2D eigenvalue weighted by Gasteiger charge is 2.41. The smallest absolute Gasteiger partial charge is 0.231 e. The minimum atomic E-state index is -0.133. The van der Waals surface area contributed by atoms with Gasteiger partial charge in [0.1, 0.15) is 0 Å². The van der Waals surface area contributed by atoms with E-state index in [1.165, 1.54) is 0 Å². The van der Waals surface area contributed by atoms with Crippen LogP contribution in [-0.2, 0) is 4.79 Å². The monoisotopic (exact) mass is 381 g/mol. The molecule has 2 heterocycles. The zero-order valence-corrected chi connectivity index (χ0v) is 16.0. The van der Waals surface area contributed by atoms with Crippen LogP contribution in [0.5, 0.6) is 11.5 Å². The molecule has 2 aliphatic heterocycles. The Bertz CT molecular complexity index is 991. The summed E-state index contributed by atoms with van der Waals surface area (Å²) in [5.41, 5.74) is 4.89. The Balaban J connectivity index is 1.72. The van der Waals surface area contributed by atoms with Crippen molar-refractivity contribution in [2.45, 2.75) is 32.6 Å². The number of rotatable bonds is 1. The lowest BCUT2D eigenvalue weighted by Crippen LogP contribution is -2.33. The van der Waals surface area contributed by atoms with Gasteiger partial charge in [0.25, 0.3) is 0 Å². The number of allylic oxidation sites excluding steroid dienone is 2. The van der Waals surface area contributed by atoms with Gasteiger partial charge in [0, 0.05) is 40.4 Å². The summed E-state index contributed by atoms with van der Waals surface area (Å²) >= 11 is 6.10. The van der Waals surface area contributed by atoms with Gasteiger partial charge in [0.05, 0.1) is 0 Å². The molecule has 0 aromatic heterocycles. The zero-order chi connectivity index (χ0) is 18.8. The summed E-state index contributed by atoms with van der Waals surface area (Å²) in [5.74, 6) is 1.53. The Labute approximate surface area is 163 Å². The van der Waals surface area contributed by atoms with Crippen LogP contribution in [0, 0.1) is 5.41 Å². The number of ether oxygens (including phenoxy) is 2. The molecule has 1 aliphatic carbocycles. The van der Waals surface area contributed by atoms with E-state index in [0.29, 0.717) is 11.4 Å². The molecule has 0 saturated carbocycles. The number of ketones is 1. The number of halogens is 1. The normalized spacial score (nSPS) is 22.2. The molecule has 5 heteroatoms. The molecule has 2 aromatic carbocycles. The van der Waals surface area contributed by atoms with Crippen molar-refractivity contribution in [1.29, 1.82) is 0 Å². The Morgan fingerprint density at radius 2 is 1.78 bits per heavy atom. The fourth-order valence-electron chi connectivity index (χ4n) is 4.41. The molecule has 0 radical (unpaired) electrons. The molecule has 4 nitrogen and oxygen atoms in total. The van der Waals surface area contributed by atoms with Crippen molar-refractivity contribution in [3.63, 3.8) is 0 Å². The maximum absolute atomic E-state index is 13.2. The van der Waals surface area contributed by atoms with E-state index < -0.39 is 0 Å². The van der Waals surface area contributed by atoms with Crippen molar-refractivity contribution in [2.24, 2.45) is 5.41 Å². The first-order valence-electron chi connectivity index (χ1n) is 9.14. The molecule has 1 atom stereocenters. The highest BCUT2D eigenvalue weighted by atomic mass is 35.5. The minimum Gasteiger partial charge on any atom is -0.454 e. The summed E-state index contributed by atoms with van der Waals surface area (Å²) in [6.45, 7) is 4.51. The molecule has 0 saturated heterocycles. The zero-order valence-electron chi connectivity index (χ0n) is 15.3. The quantitative estimate of drug-likeness (QED) is 0.731. The second-order valence-corrected chi connectivity index (χ2v) is 8.67. The van der Waals surface area contributed by atoms with Crippen molar-refractivity contribution >= 4 is 23.1 Å². The van der Waals surface area contributed by atoms with Crippen LogP contribution in [0.2, 0.25) is 5.02 Å². The number of carbonyl (C=O) groups is 1. The van der Waals surface area contributed by atoms with Gasteiger partial charge in [0.15, 0.2) is 17.3 Å². The Morgan fingerprint density at radius 3 is 2.52 bits per heavy atom. The Morgan fingerprint density at radius 1 is 1.07 bits per heavy atom. The highest BCUT2D eigenvalue weighted by Crippen LogP contribution is 2.51. The third kappa shape index (κ3) is 2.71. The average molecular weight is 382 g/mol. The van der Waals surface area contributed by atoms with Gasteiger partial charge in [-0.15, -0.1) is 0 Å². The summed E-state index contributed by atoms with van der Waals surface area (Å²) in [6.07, 6.45) is 1.39. The third-order valence-corrected chi connectivity index (χ3v) is 5.81. The fraction of sp³-hybridized carbons (Fsp3) is 0.318. The van der Waals surface area contributed by atoms with Crippen LogP contribution in [-0.4, -0.2) is 12.6 Å². The molecule has 0 unspecified atom stereocenters. The molecule has 0 bridgehead atoms. The van der Waals surface area contributed by atoms with Crippen molar-refractivity contribution in [3.8, 4) is 11.5 Å². The van der Waals surface area contributed by atoms with Gasteiger partial charge < -0.3 is 14.8 Å². The molecule has 0 spiro atoms. The van der Waals surface area contributed by atoms with Crippen molar-refractivity contribution in [2.75, 3.05) is 12.1 Å². The molecule has 0 fully saturated rings. The van der Waals surface area contributed by atoms with Crippen LogP contribution in [0.3, 0.4) is 0 Å². The van der Waals surface area contributed by atoms with Crippen LogP contribution in [0.1, 0.15) is 43.7 Å². The summed E-state index contributed by atoms with van der Waals surface area (Å²) in [7, 11) is 0. The predicted octanol–water partition coefficient (Wildman–Crippen LogP) is 5.27. The largest absolute Gasteiger partial charge is 0.454 e. The van der Waals surface area contributed by atoms with E-state index in [1.807, 2.05) is 36.4 Å². The SMILES string of the molecule is CC1(C)CC(=O)C2=C(C1)Nc1cc3c(cc1[C@H]2c1ccc(Cl)cc1)OCO3. The second-order valence-electron chi connectivity index (χ2n) is 8.24. The third-order valence-electron chi connectivity index (χ3n) is 5.55. The first-order chi connectivity index (χ1) is 12.9. The lowest BCUT2D eigenvalue weighted by atomic mass is 9.69. The lowest BCUT2D eigenvalue weighted by molar-refractivity contribution is -0.118. The van der Waals surface area contributed by atoms with Gasteiger partial charge in [-0.3, -0.25) is 4.79 Å². The van der Waals surface area contributed by atoms with Gasteiger partial charge in [-0.1, -0.05) is 37.6 Å². The number of hydrogen-bond donors (Lipinski definition) is 1. The van der Waals surface area contributed by atoms with E-state index in [-0.39, 0.29) is 23.9 Å². The van der Waals surface area contributed by atoms with Crippen molar-refractivity contribution in [1.82, 2.24) is 0 Å². The average Bonchev–Trinajstić information content (AvgIpc) is 3.05. The number of carbonyl (C=O) groups excluding carboxylic acids is 1.